The van der Waals surface area contributed by atoms with Gasteiger partial charge in [0.15, 0.2) is 16.7 Å². The van der Waals surface area contributed by atoms with E-state index in [-0.39, 0.29) is 11.7 Å². The fourth-order valence-corrected chi connectivity index (χ4v) is 4.07. The van der Waals surface area contributed by atoms with Gasteiger partial charge in [0.1, 0.15) is 12.4 Å². The number of amidine groups is 1. The highest BCUT2D eigenvalue weighted by molar-refractivity contribution is 8.18. The Bertz CT molecular complexity index is 1230. The number of amides is 1. The molecule has 0 radical (unpaired) electrons. The zero-order chi connectivity index (χ0) is 23.2. The zero-order valence-corrected chi connectivity index (χ0v) is 19.3. The van der Waals surface area contributed by atoms with Crippen molar-refractivity contribution in [2.45, 2.75) is 13.5 Å². The van der Waals surface area contributed by atoms with E-state index in [9.17, 15) is 9.18 Å². The van der Waals surface area contributed by atoms with E-state index in [2.05, 4.69) is 10.3 Å². The fraction of sp³-hybridized carbons (Fsp3) is 0.120. The minimum Gasteiger partial charge on any atom is -0.490 e. The second-order valence-corrected chi connectivity index (χ2v) is 8.42. The predicted octanol–water partition coefficient (Wildman–Crippen LogP) is 6.35. The second kappa shape index (κ2) is 10.6. The third-order valence-corrected chi connectivity index (χ3v) is 5.89. The molecule has 3 aromatic rings. The van der Waals surface area contributed by atoms with E-state index in [0.717, 1.165) is 11.1 Å². The molecule has 1 amide bonds. The van der Waals surface area contributed by atoms with Crippen molar-refractivity contribution in [3.8, 4) is 11.5 Å². The molecular weight excluding hydrogens is 463 g/mol. The van der Waals surface area contributed by atoms with Crippen LogP contribution in [0.4, 0.5) is 10.1 Å². The van der Waals surface area contributed by atoms with Crippen molar-refractivity contribution in [1.82, 2.24) is 5.32 Å². The average molecular weight is 483 g/mol. The number of nitrogens with one attached hydrogen (secondary N) is 1. The summed E-state index contributed by atoms with van der Waals surface area (Å²) in [5, 5.41) is 3.80. The van der Waals surface area contributed by atoms with E-state index in [0.29, 0.717) is 45.5 Å². The van der Waals surface area contributed by atoms with Gasteiger partial charge in [-0.15, -0.1) is 0 Å². The third-order valence-electron chi connectivity index (χ3n) is 4.61. The van der Waals surface area contributed by atoms with E-state index in [4.69, 9.17) is 21.1 Å². The molecule has 1 saturated heterocycles. The fourth-order valence-electron chi connectivity index (χ4n) is 3.04. The monoisotopic (exact) mass is 482 g/mol. The lowest BCUT2D eigenvalue weighted by Gasteiger charge is -2.13. The molecule has 168 valence electrons. The molecule has 8 heteroatoms. The summed E-state index contributed by atoms with van der Waals surface area (Å²) in [5.41, 5.74) is 2.21. The molecule has 5 nitrogen and oxygen atoms in total. The van der Waals surface area contributed by atoms with Crippen LogP contribution in [0.3, 0.4) is 0 Å². The first-order valence-electron chi connectivity index (χ1n) is 10.2. The van der Waals surface area contributed by atoms with Gasteiger partial charge < -0.3 is 14.8 Å². The quantitative estimate of drug-likeness (QED) is 0.399. The number of carbonyl (C=O) groups excluding carboxylic acids is 1. The molecule has 0 atom stereocenters. The van der Waals surface area contributed by atoms with Crippen LogP contribution in [-0.2, 0) is 11.4 Å². The standard InChI is InChI=1S/C25H20ClFN2O3S/c1-2-31-22-13-16(7-12-21(22)32-15-17-5-3-4-6-20(17)26)14-23-24(30)29-25(33-23)28-19-10-8-18(27)9-11-19/h3-14H,2,15H2,1H3,(H,28,29,30)/b23-14+. The lowest BCUT2D eigenvalue weighted by atomic mass is 10.2. The van der Waals surface area contributed by atoms with E-state index in [1.807, 2.05) is 43.3 Å². The van der Waals surface area contributed by atoms with Crippen molar-refractivity contribution in [3.05, 3.63) is 93.6 Å². The number of aliphatic imine (C=N–C) groups is 1. The van der Waals surface area contributed by atoms with Gasteiger partial charge in [-0.25, -0.2) is 9.38 Å². The lowest BCUT2D eigenvalue weighted by molar-refractivity contribution is -0.115. The van der Waals surface area contributed by atoms with Gasteiger partial charge in [0, 0.05) is 10.6 Å². The van der Waals surface area contributed by atoms with Gasteiger partial charge in [-0.3, -0.25) is 4.79 Å². The molecule has 1 aliphatic rings. The zero-order valence-electron chi connectivity index (χ0n) is 17.7. The second-order valence-electron chi connectivity index (χ2n) is 6.98. The smallest absolute Gasteiger partial charge is 0.264 e. The molecule has 0 aromatic heterocycles. The largest absolute Gasteiger partial charge is 0.490 e. The number of thioether (sulfide) groups is 1. The van der Waals surface area contributed by atoms with E-state index in [1.54, 1.807) is 24.3 Å². The average Bonchev–Trinajstić information content (AvgIpc) is 3.14. The Hall–Kier alpha value is -3.29. The summed E-state index contributed by atoms with van der Waals surface area (Å²) < 4.78 is 24.8. The Morgan fingerprint density at radius 1 is 1.06 bits per heavy atom. The topological polar surface area (TPSA) is 59.9 Å². The molecular formula is C25H20ClFN2O3S. The highest BCUT2D eigenvalue weighted by Crippen LogP contribution is 2.33. The number of halogens is 2. The summed E-state index contributed by atoms with van der Waals surface area (Å²) in [5.74, 6) is 0.563. The normalized spacial score (nSPS) is 15.7. The maximum absolute atomic E-state index is 13.1. The van der Waals surface area contributed by atoms with Gasteiger partial charge >= 0.3 is 0 Å². The molecule has 1 heterocycles. The van der Waals surface area contributed by atoms with Crippen LogP contribution in [0.5, 0.6) is 11.5 Å². The van der Waals surface area contributed by atoms with Crippen LogP contribution >= 0.6 is 23.4 Å². The van der Waals surface area contributed by atoms with Crippen molar-refractivity contribution < 1.29 is 18.7 Å². The van der Waals surface area contributed by atoms with E-state index in [1.165, 1.54) is 23.9 Å². The van der Waals surface area contributed by atoms with E-state index >= 15 is 0 Å². The first-order valence-corrected chi connectivity index (χ1v) is 11.4. The molecule has 1 N–H and O–H groups in total. The summed E-state index contributed by atoms with van der Waals surface area (Å²) in [6, 6.07) is 18.7. The number of rotatable bonds is 7. The van der Waals surface area contributed by atoms with Crippen LogP contribution in [0.1, 0.15) is 18.1 Å². The van der Waals surface area contributed by atoms with Gasteiger partial charge in [-0.05, 0) is 72.8 Å². The molecule has 0 unspecified atom stereocenters. The predicted molar refractivity (Wildman–Crippen MR) is 131 cm³/mol. The highest BCUT2D eigenvalue weighted by atomic mass is 35.5. The Labute approximate surface area is 200 Å². The molecule has 1 fully saturated rings. The lowest BCUT2D eigenvalue weighted by Crippen LogP contribution is -2.19. The van der Waals surface area contributed by atoms with Crippen molar-refractivity contribution in [3.63, 3.8) is 0 Å². The molecule has 33 heavy (non-hydrogen) atoms. The number of benzene rings is 3. The van der Waals surface area contributed by atoms with Gasteiger partial charge in [0.2, 0.25) is 0 Å². The Kier molecular flexibility index (Phi) is 7.32. The molecule has 0 saturated carbocycles. The highest BCUT2D eigenvalue weighted by Gasteiger charge is 2.24. The van der Waals surface area contributed by atoms with Crippen molar-refractivity contribution in [2.24, 2.45) is 4.99 Å². The number of hydrogen-bond donors (Lipinski definition) is 1. The molecule has 4 rings (SSSR count). The van der Waals surface area contributed by atoms with E-state index < -0.39 is 0 Å². The van der Waals surface area contributed by atoms with Crippen LogP contribution in [0.25, 0.3) is 6.08 Å². The molecule has 1 aliphatic heterocycles. The molecule has 0 spiro atoms. The van der Waals surface area contributed by atoms with Crippen LogP contribution in [0.15, 0.2) is 76.6 Å². The van der Waals surface area contributed by atoms with Crippen molar-refractivity contribution >= 4 is 46.2 Å². The number of ether oxygens (including phenoxy) is 2. The SMILES string of the molecule is CCOc1cc(/C=C2/SC(=Nc3ccc(F)cc3)NC2=O)ccc1OCc1ccccc1Cl. The first kappa shape index (κ1) is 22.9. The first-order chi connectivity index (χ1) is 16.0. The minimum atomic E-state index is -0.341. The summed E-state index contributed by atoms with van der Waals surface area (Å²) in [6.07, 6.45) is 1.76. The van der Waals surface area contributed by atoms with Crippen molar-refractivity contribution in [2.75, 3.05) is 6.61 Å². The van der Waals surface area contributed by atoms with Crippen LogP contribution in [0, 0.1) is 5.82 Å². The number of hydrogen-bond acceptors (Lipinski definition) is 5. The molecule has 0 bridgehead atoms. The number of nitrogens with zero attached hydrogens (tertiary/aromatic N) is 1. The summed E-state index contributed by atoms with van der Waals surface area (Å²) in [6.45, 7) is 2.66. The van der Waals surface area contributed by atoms with Gasteiger partial charge in [-0.2, -0.15) is 0 Å². The van der Waals surface area contributed by atoms with Gasteiger partial charge in [0.25, 0.3) is 5.91 Å². The summed E-state index contributed by atoms with van der Waals surface area (Å²) in [4.78, 5) is 17.2. The van der Waals surface area contributed by atoms with Gasteiger partial charge in [-0.1, -0.05) is 35.9 Å². The van der Waals surface area contributed by atoms with Gasteiger partial charge in [0.05, 0.1) is 17.2 Å². The number of carbonyl (C=O) groups is 1. The Morgan fingerprint density at radius 2 is 1.85 bits per heavy atom. The summed E-state index contributed by atoms with van der Waals surface area (Å²) >= 11 is 7.42. The van der Waals surface area contributed by atoms with Crippen LogP contribution < -0.4 is 14.8 Å². The maximum atomic E-state index is 13.1. The Balaban J connectivity index is 1.51. The summed E-state index contributed by atoms with van der Waals surface area (Å²) in [7, 11) is 0. The Morgan fingerprint density at radius 3 is 2.61 bits per heavy atom. The van der Waals surface area contributed by atoms with Crippen molar-refractivity contribution in [1.29, 1.82) is 0 Å². The van der Waals surface area contributed by atoms with Crippen LogP contribution in [-0.4, -0.2) is 17.7 Å². The minimum absolute atomic E-state index is 0.252. The molecule has 3 aromatic carbocycles. The third kappa shape index (κ3) is 5.94. The maximum Gasteiger partial charge on any atom is 0.264 e. The molecule has 0 aliphatic carbocycles. The van der Waals surface area contributed by atoms with Crippen LogP contribution in [0.2, 0.25) is 5.02 Å².